The second kappa shape index (κ2) is 5.63. The molecule has 0 saturated heterocycles. The van der Waals surface area contributed by atoms with Crippen molar-refractivity contribution >= 4 is 23.1 Å². The van der Waals surface area contributed by atoms with E-state index in [0.717, 1.165) is 62.8 Å². The predicted molar refractivity (Wildman–Crippen MR) is 84.3 cm³/mol. The third kappa shape index (κ3) is 2.85. The van der Waals surface area contributed by atoms with E-state index < -0.39 is 0 Å². The highest BCUT2D eigenvalue weighted by Crippen LogP contribution is 2.60. The summed E-state index contributed by atoms with van der Waals surface area (Å²) in [5.74, 6) is 2.84. The van der Waals surface area contributed by atoms with Gasteiger partial charge in [0.2, 0.25) is 5.91 Å². The minimum absolute atomic E-state index is 0.00207. The fourth-order valence-electron chi connectivity index (χ4n) is 5.20. The van der Waals surface area contributed by atoms with Gasteiger partial charge in [-0.15, -0.1) is 0 Å². The number of nitrogens with two attached hydrogens (primary N) is 1. The van der Waals surface area contributed by atoms with Gasteiger partial charge in [-0.1, -0.05) is 12.2 Å². The van der Waals surface area contributed by atoms with Gasteiger partial charge in [0.25, 0.3) is 0 Å². The van der Waals surface area contributed by atoms with Gasteiger partial charge in [0, 0.05) is 12.0 Å². The monoisotopic (exact) mass is 294 g/mol. The zero-order valence-corrected chi connectivity index (χ0v) is 13.0. The van der Waals surface area contributed by atoms with Gasteiger partial charge >= 0.3 is 0 Å². The predicted octanol–water partition coefficient (Wildman–Crippen LogP) is 2.78. The summed E-state index contributed by atoms with van der Waals surface area (Å²) < 4.78 is 0. The van der Waals surface area contributed by atoms with E-state index in [4.69, 9.17) is 18.0 Å². The Morgan fingerprint density at radius 2 is 1.65 bits per heavy atom. The van der Waals surface area contributed by atoms with Gasteiger partial charge in [0.15, 0.2) is 0 Å². The van der Waals surface area contributed by atoms with Crippen LogP contribution in [-0.2, 0) is 4.79 Å². The first-order chi connectivity index (χ1) is 9.57. The molecule has 0 aromatic rings. The molecule has 0 spiro atoms. The molecule has 3 N–H and O–H groups in total. The molecule has 112 valence electrons. The molecular weight excluding hydrogens is 268 g/mol. The van der Waals surface area contributed by atoms with Crippen LogP contribution in [0.3, 0.4) is 0 Å². The highest BCUT2D eigenvalue weighted by Gasteiger charge is 2.54. The molecule has 0 atom stereocenters. The van der Waals surface area contributed by atoms with Crippen LogP contribution < -0.4 is 11.1 Å². The highest BCUT2D eigenvalue weighted by atomic mass is 32.1. The van der Waals surface area contributed by atoms with Gasteiger partial charge in [0.05, 0.1) is 4.99 Å². The smallest absolute Gasteiger partial charge is 0.226 e. The number of rotatable bonds is 6. The van der Waals surface area contributed by atoms with Crippen molar-refractivity contribution in [3.8, 4) is 0 Å². The van der Waals surface area contributed by atoms with E-state index in [1.54, 1.807) is 0 Å². The van der Waals surface area contributed by atoms with Crippen molar-refractivity contribution in [1.29, 1.82) is 0 Å². The summed E-state index contributed by atoms with van der Waals surface area (Å²) in [6.07, 6.45) is 10.4. The van der Waals surface area contributed by atoms with Crippen LogP contribution in [0, 0.1) is 23.2 Å². The fourth-order valence-corrected chi connectivity index (χ4v) is 5.35. The Kier molecular flexibility index (Phi) is 4.02. The Labute approximate surface area is 127 Å². The summed E-state index contributed by atoms with van der Waals surface area (Å²) in [4.78, 5) is 13.2. The van der Waals surface area contributed by atoms with Crippen molar-refractivity contribution in [3.05, 3.63) is 0 Å². The van der Waals surface area contributed by atoms with Gasteiger partial charge < -0.3 is 11.1 Å². The Bertz CT molecular complexity index is 372. The number of unbranched alkanes of at least 4 members (excludes halogenated alkanes) is 1. The lowest BCUT2D eigenvalue weighted by Gasteiger charge is -2.55. The minimum Gasteiger partial charge on any atom is -0.393 e. The van der Waals surface area contributed by atoms with E-state index in [0.29, 0.717) is 10.9 Å². The second-order valence-corrected chi connectivity index (χ2v) is 7.90. The maximum atomic E-state index is 12.6. The van der Waals surface area contributed by atoms with E-state index in [1.807, 2.05) is 0 Å². The van der Waals surface area contributed by atoms with Crippen LogP contribution in [0.25, 0.3) is 0 Å². The molecule has 4 fully saturated rings. The lowest BCUT2D eigenvalue weighted by molar-refractivity contribution is -0.146. The maximum absolute atomic E-state index is 12.6. The molecule has 0 heterocycles. The number of amides is 1. The van der Waals surface area contributed by atoms with Crippen LogP contribution in [0.15, 0.2) is 0 Å². The maximum Gasteiger partial charge on any atom is 0.226 e. The van der Waals surface area contributed by atoms with Gasteiger partial charge in [-0.2, -0.15) is 0 Å². The van der Waals surface area contributed by atoms with E-state index in [-0.39, 0.29) is 5.41 Å². The summed E-state index contributed by atoms with van der Waals surface area (Å²) >= 11 is 4.86. The molecule has 4 heteroatoms. The number of carbonyl (C=O) groups excluding carboxylic acids is 1. The van der Waals surface area contributed by atoms with Crippen LogP contribution in [-0.4, -0.2) is 17.4 Å². The van der Waals surface area contributed by atoms with Gasteiger partial charge in [-0.25, -0.2) is 0 Å². The Hall–Kier alpha value is -0.640. The summed E-state index contributed by atoms with van der Waals surface area (Å²) in [6.45, 7) is 0.781. The second-order valence-electron chi connectivity index (χ2n) is 7.38. The Morgan fingerprint density at radius 1 is 1.10 bits per heavy atom. The molecule has 4 rings (SSSR count). The summed E-state index contributed by atoms with van der Waals surface area (Å²) in [7, 11) is 0. The number of hydrogen-bond donors (Lipinski definition) is 2. The van der Waals surface area contributed by atoms with Crippen LogP contribution in [0.5, 0.6) is 0 Å². The van der Waals surface area contributed by atoms with Crippen LogP contribution in [0.4, 0.5) is 0 Å². The van der Waals surface area contributed by atoms with Crippen molar-refractivity contribution in [2.75, 3.05) is 6.54 Å². The topological polar surface area (TPSA) is 55.1 Å². The lowest BCUT2D eigenvalue weighted by Crippen LogP contribution is -2.53. The lowest BCUT2D eigenvalue weighted by atomic mass is 9.49. The molecule has 0 aromatic heterocycles. The first kappa shape index (κ1) is 14.3. The molecule has 0 aliphatic heterocycles. The first-order valence-electron chi connectivity index (χ1n) is 8.14. The highest BCUT2D eigenvalue weighted by molar-refractivity contribution is 7.80. The van der Waals surface area contributed by atoms with Gasteiger partial charge in [-0.05, 0) is 75.5 Å². The molecule has 0 aromatic carbocycles. The quantitative estimate of drug-likeness (QED) is 0.585. The molecule has 0 unspecified atom stereocenters. The zero-order valence-electron chi connectivity index (χ0n) is 12.2. The van der Waals surface area contributed by atoms with E-state index in [2.05, 4.69) is 5.32 Å². The number of carbonyl (C=O) groups is 1. The van der Waals surface area contributed by atoms with Crippen molar-refractivity contribution in [1.82, 2.24) is 5.32 Å². The third-order valence-electron chi connectivity index (χ3n) is 5.66. The molecule has 1 amide bonds. The zero-order chi connectivity index (χ0) is 14.2. The number of hydrogen-bond acceptors (Lipinski definition) is 2. The average molecular weight is 294 g/mol. The molecule has 4 aliphatic carbocycles. The normalized spacial score (nSPS) is 37.9. The Balaban J connectivity index is 1.48. The Morgan fingerprint density at radius 3 is 2.15 bits per heavy atom. The molecule has 4 saturated carbocycles. The van der Waals surface area contributed by atoms with Crippen molar-refractivity contribution in [3.63, 3.8) is 0 Å². The van der Waals surface area contributed by atoms with Gasteiger partial charge in [0.1, 0.15) is 0 Å². The van der Waals surface area contributed by atoms with Crippen molar-refractivity contribution in [2.24, 2.45) is 28.9 Å². The van der Waals surface area contributed by atoms with Crippen LogP contribution >= 0.6 is 12.2 Å². The standard InChI is InChI=1S/C16H26N2OS/c17-14(20)3-1-2-4-18-15(19)16-8-11-5-12(9-16)7-13(6-11)10-16/h11-13H,1-10H2,(H2,17,20)(H,18,19). The number of thiocarbonyl (C=S) groups is 1. The van der Waals surface area contributed by atoms with Gasteiger partial charge in [-0.3, -0.25) is 4.79 Å². The molecule has 0 radical (unpaired) electrons. The van der Waals surface area contributed by atoms with E-state index in [1.165, 1.54) is 19.3 Å². The molecule has 3 nitrogen and oxygen atoms in total. The SMILES string of the molecule is NC(=S)CCCCNC(=O)C12CC3CC(CC(C3)C1)C2. The summed E-state index contributed by atoms with van der Waals surface area (Å²) in [6, 6.07) is 0. The summed E-state index contributed by atoms with van der Waals surface area (Å²) in [5.41, 5.74) is 5.48. The molecule has 20 heavy (non-hydrogen) atoms. The summed E-state index contributed by atoms with van der Waals surface area (Å²) in [5, 5.41) is 3.19. The van der Waals surface area contributed by atoms with E-state index in [9.17, 15) is 4.79 Å². The van der Waals surface area contributed by atoms with Crippen molar-refractivity contribution < 1.29 is 4.79 Å². The average Bonchev–Trinajstić information content (AvgIpc) is 2.36. The molecule has 4 bridgehead atoms. The molecule has 4 aliphatic rings. The minimum atomic E-state index is -0.00207. The number of nitrogens with one attached hydrogen (secondary N) is 1. The van der Waals surface area contributed by atoms with Crippen molar-refractivity contribution in [2.45, 2.75) is 57.8 Å². The third-order valence-corrected chi connectivity index (χ3v) is 5.86. The van der Waals surface area contributed by atoms with Crippen LogP contribution in [0.2, 0.25) is 0 Å². The largest absolute Gasteiger partial charge is 0.393 e. The molecular formula is C16H26N2OS. The van der Waals surface area contributed by atoms with E-state index >= 15 is 0 Å². The first-order valence-corrected chi connectivity index (χ1v) is 8.55. The fraction of sp³-hybridized carbons (Fsp3) is 0.875. The van der Waals surface area contributed by atoms with Crippen LogP contribution in [0.1, 0.15) is 57.8 Å².